The van der Waals surface area contributed by atoms with Gasteiger partial charge in [0, 0.05) is 32.8 Å². The topological polar surface area (TPSA) is 24.5 Å². The van der Waals surface area contributed by atoms with E-state index in [0.29, 0.717) is 6.04 Å². The summed E-state index contributed by atoms with van der Waals surface area (Å²) in [6.45, 7) is 3.18. The highest BCUT2D eigenvalue weighted by atomic mass is 16.5. The van der Waals surface area contributed by atoms with Crippen molar-refractivity contribution in [1.29, 1.82) is 0 Å². The van der Waals surface area contributed by atoms with Gasteiger partial charge in [0.15, 0.2) is 0 Å². The summed E-state index contributed by atoms with van der Waals surface area (Å²) in [4.78, 5) is 2.43. The first kappa shape index (κ1) is 13.9. The van der Waals surface area contributed by atoms with Crippen LogP contribution < -0.4 is 5.32 Å². The van der Waals surface area contributed by atoms with Crippen LogP contribution in [-0.2, 0) is 4.74 Å². The Kier molecular flexibility index (Phi) is 7.01. The van der Waals surface area contributed by atoms with E-state index in [1.807, 2.05) is 0 Å². The molecule has 96 valence electrons. The Balaban J connectivity index is 2.20. The molecule has 0 aromatic carbocycles. The fourth-order valence-corrected chi connectivity index (χ4v) is 2.74. The third-order valence-corrected chi connectivity index (χ3v) is 3.74. The molecule has 1 aliphatic carbocycles. The molecule has 0 aromatic rings. The van der Waals surface area contributed by atoms with Crippen LogP contribution in [0.3, 0.4) is 0 Å². The molecule has 1 saturated carbocycles. The smallest absolute Gasteiger partial charge is 0.0474 e. The number of likely N-dealkylation sites (N-methyl/N-ethyl adjacent to an activating group) is 2. The molecule has 0 amide bonds. The number of ether oxygens (including phenoxy) is 1. The Labute approximate surface area is 101 Å². The molecule has 1 fully saturated rings. The highest BCUT2D eigenvalue weighted by molar-refractivity contribution is 4.81. The fourth-order valence-electron chi connectivity index (χ4n) is 2.74. The molecular formula is C13H28N2O. The van der Waals surface area contributed by atoms with Gasteiger partial charge in [-0.25, -0.2) is 0 Å². The molecule has 1 N–H and O–H groups in total. The minimum absolute atomic E-state index is 0.676. The Morgan fingerprint density at radius 3 is 2.62 bits per heavy atom. The number of rotatable bonds is 8. The summed E-state index contributed by atoms with van der Waals surface area (Å²) in [5.41, 5.74) is 0. The predicted molar refractivity (Wildman–Crippen MR) is 68.8 cm³/mol. The van der Waals surface area contributed by atoms with Crippen molar-refractivity contribution in [2.24, 2.45) is 5.92 Å². The van der Waals surface area contributed by atoms with Crippen LogP contribution in [0.5, 0.6) is 0 Å². The molecule has 0 bridgehead atoms. The van der Waals surface area contributed by atoms with Crippen molar-refractivity contribution in [2.45, 2.75) is 38.1 Å². The average molecular weight is 228 g/mol. The minimum atomic E-state index is 0.676. The van der Waals surface area contributed by atoms with Crippen LogP contribution in [0.15, 0.2) is 0 Å². The van der Waals surface area contributed by atoms with Gasteiger partial charge in [0.05, 0.1) is 0 Å². The maximum absolute atomic E-state index is 5.08. The van der Waals surface area contributed by atoms with Gasteiger partial charge in [0.25, 0.3) is 0 Å². The summed E-state index contributed by atoms with van der Waals surface area (Å²) >= 11 is 0. The maximum atomic E-state index is 5.08. The number of nitrogens with zero attached hydrogens (tertiary/aromatic N) is 1. The number of methoxy groups -OCH3 is 1. The highest BCUT2D eigenvalue weighted by Crippen LogP contribution is 2.27. The molecule has 1 rings (SSSR count). The van der Waals surface area contributed by atoms with Gasteiger partial charge in [-0.2, -0.15) is 0 Å². The molecule has 0 radical (unpaired) electrons. The fraction of sp³-hybridized carbons (Fsp3) is 1.00. The molecule has 0 saturated heterocycles. The summed E-state index contributed by atoms with van der Waals surface area (Å²) in [5.74, 6) is 0.898. The second-order valence-corrected chi connectivity index (χ2v) is 5.05. The van der Waals surface area contributed by atoms with Gasteiger partial charge >= 0.3 is 0 Å². The van der Waals surface area contributed by atoms with Crippen molar-refractivity contribution in [3.8, 4) is 0 Å². The van der Waals surface area contributed by atoms with Crippen molar-refractivity contribution in [1.82, 2.24) is 10.2 Å². The molecule has 3 heteroatoms. The third kappa shape index (κ3) is 4.81. The lowest BCUT2D eigenvalue weighted by atomic mass is 9.98. The van der Waals surface area contributed by atoms with Crippen LogP contribution in [0.2, 0.25) is 0 Å². The van der Waals surface area contributed by atoms with Gasteiger partial charge < -0.3 is 15.0 Å². The van der Waals surface area contributed by atoms with E-state index >= 15 is 0 Å². The Hall–Kier alpha value is -0.120. The highest BCUT2D eigenvalue weighted by Gasteiger charge is 2.24. The van der Waals surface area contributed by atoms with Crippen molar-refractivity contribution < 1.29 is 4.74 Å². The van der Waals surface area contributed by atoms with E-state index in [1.165, 1.54) is 32.2 Å². The van der Waals surface area contributed by atoms with Crippen LogP contribution in [0, 0.1) is 5.92 Å². The monoisotopic (exact) mass is 228 g/mol. The van der Waals surface area contributed by atoms with Gasteiger partial charge in [-0.15, -0.1) is 0 Å². The van der Waals surface area contributed by atoms with E-state index in [4.69, 9.17) is 4.74 Å². The average Bonchev–Trinajstić information content (AvgIpc) is 2.79. The van der Waals surface area contributed by atoms with Crippen LogP contribution in [0.1, 0.15) is 32.1 Å². The molecule has 0 aliphatic heterocycles. The second kappa shape index (κ2) is 8.04. The Morgan fingerprint density at radius 1 is 1.38 bits per heavy atom. The predicted octanol–water partition coefficient (Wildman–Crippen LogP) is 1.73. The molecule has 3 nitrogen and oxygen atoms in total. The van der Waals surface area contributed by atoms with Crippen LogP contribution in [0.25, 0.3) is 0 Å². The normalized spacial score (nSPS) is 19.5. The Bertz CT molecular complexity index is 169. The number of nitrogens with one attached hydrogen (secondary N) is 1. The molecule has 0 spiro atoms. The van der Waals surface area contributed by atoms with Crippen molar-refractivity contribution >= 4 is 0 Å². The molecule has 0 aromatic heterocycles. The molecule has 1 unspecified atom stereocenters. The maximum Gasteiger partial charge on any atom is 0.0474 e. The van der Waals surface area contributed by atoms with Crippen molar-refractivity contribution in [2.75, 3.05) is 40.9 Å². The van der Waals surface area contributed by atoms with Gasteiger partial charge in [0.2, 0.25) is 0 Å². The van der Waals surface area contributed by atoms with Crippen LogP contribution in [0.4, 0.5) is 0 Å². The lowest BCUT2D eigenvalue weighted by molar-refractivity contribution is 0.172. The minimum Gasteiger partial charge on any atom is -0.385 e. The van der Waals surface area contributed by atoms with E-state index in [2.05, 4.69) is 24.3 Å². The van der Waals surface area contributed by atoms with Gasteiger partial charge in [0.1, 0.15) is 0 Å². The number of hydrogen-bond acceptors (Lipinski definition) is 3. The lowest BCUT2D eigenvalue weighted by Gasteiger charge is -2.28. The zero-order chi connectivity index (χ0) is 11.8. The quantitative estimate of drug-likeness (QED) is 0.640. The summed E-state index contributed by atoms with van der Waals surface area (Å²) in [5, 5.41) is 3.49. The SMILES string of the molecule is CNC(CN(C)CCCOC)C1CCCC1. The summed E-state index contributed by atoms with van der Waals surface area (Å²) in [7, 11) is 6.09. The molecule has 0 heterocycles. The third-order valence-electron chi connectivity index (χ3n) is 3.74. The van der Waals surface area contributed by atoms with E-state index in [-0.39, 0.29) is 0 Å². The van der Waals surface area contributed by atoms with Gasteiger partial charge in [-0.05, 0) is 39.3 Å². The van der Waals surface area contributed by atoms with Crippen molar-refractivity contribution in [3.05, 3.63) is 0 Å². The van der Waals surface area contributed by atoms with Crippen LogP contribution >= 0.6 is 0 Å². The second-order valence-electron chi connectivity index (χ2n) is 5.05. The van der Waals surface area contributed by atoms with E-state index in [1.54, 1.807) is 7.11 Å². The first-order valence-electron chi connectivity index (χ1n) is 6.62. The van der Waals surface area contributed by atoms with E-state index < -0.39 is 0 Å². The van der Waals surface area contributed by atoms with Crippen molar-refractivity contribution in [3.63, 3.8) is 0 Å². The van der Waals surface area contributed by atoms with Gasteiger partial charge in [-0.3, -0.25) is 0 Å². The Morgan fingerprint density at radius 2 is 2.06 bits per heavy atom. The first-order valence-corrected chi connectivity index (χ1v) is 6.62. The van der Waals surface area contributed by atoms with E-state index in [0.717, 1.165) is 25.5 Å². The van der Waals surface area contributed by atoms with Crippen LogP contribution in [-0.4, -0.2) is 51.8 Å². The zero-order valence-corrected chi connectivity index (χ0v) is 11.2. The largest absolute Gasteiger partial charge is 0.385 e. The first-order chi connectivity index (χ1) is 7.77. The van der Waals surface area contributed by atoms with E-state index in [9.17, 15) is 0 Å². The summed E-state index contributed by atoms with van der Waals surface area (Å²) in [6.07, 6.45) is 6.81. The number of hydrogen-bond donors (Lipinski definition) is 1. The molecule has 16 heavy (non-hydrogen) atoms. The standard InChI is InChI=1S/C13H28N2O/c1-14-13(12-7-4-5-8-12)11-15(2)9-6-10-16-3/h12-14H,4-11H2,1-3H3. The molecule has 1 aliphatic rings. The zero-order valence-electron chi connectivity index (χ0n) is 11.2. The lowest BCUT2D eigenvalue weighted by Crippen LogP contribution is -2.42. The summed E-state index contributed by atoms with van der Waals surface area (Å²) in [6, 6.07) is 0.676. The molecule has 1 atom stereocenters. The van der Waals surface area contributed by atoms with Gasteiger partial charge in [-0.1, -0.05) is 12.8 Å². The summed E-state index contributed by atoms with van der Waals surface area (Å²) < 4.78 is 5.08. The molecular weight excluding hydrogens is 200 g/mol.